The molecule has 2 nitrogen and oxygen atoms in total. The molecule has 0 bridgehead atoms. The number of aliphatic hydroxyl groups excluding tert-OH is 1. The lowest BCUT2D eigenvalue weighted by atomic mass is 10.1. The van der Waals surface area contributed by atoms with Crippen molar-refractivity contribution in [2.75, 3.05) is 18.0 Å². The number of halogens is 2. The molecule has 3 rings (SSSR count). The van der Waals surface area contributed by atoms with Crippen LogP contribution in [0, 0.1) is 5.82 Å². The zero-order valence-corrected chi connectivity index (χ0v) is 12.4. The molecule has 4 heteroatoms. The van der Waals surface area contributed by atoms with Crippen molar-refractivity contribution in [2.24, 2.45) is 0 Å². The third-order valence-corrected chi connectivity index (χ3v) is 4.32. The van der Waals surface area contributed by atoms with Gasteiger partial charge in [0.2, 0.25) is 0 Å². The van der Waals surface area contributed by atoms with Crippen LogP contribution in [0.25, 0.3) is 0 Å². The van der Waals surface area contributed by atoms with Crippen LogP contribution in [-0.4, -0.2) is 18.2 Å². The smallest absolute Gasteiger partial charge is 0.125 e. The molecule has 1 unspecified atom stereocenters. The lowest BCUT2D eigenvalue weighted by Gasteiger charge is -2.21. The number of rotatable bonds is 4. The van der Waals surface area contributed by atoms with Crippen LogP contribution in [-0.2, 0) is 6.42 Å². The Kier molecular flexibility index (Phi) is 4.13. The van der Waals surface area contributed by atoms with E-state index in [1.807, 2.05) is 24.3 Å². The highest BCUT2D eigenvalue weighted by atomic mass is 35.5. The van der Waals surface area contributed by atoms with Crippen molar-refractivity contribution in [3.63, 3.8) is 0 Å². The SMILES string of the molecule is OC(CCN1CCc2ccc(F)cc21)c1ccccc1Cl. The van der Waals surface area contributed by atoms with Gasteiger partial charge in [0.05, 0.1) is 6.10 Å². The summed E-state index contributed by atoms with van der Waals surface area (Å²) in [6.45, 7) is 1.55. The Bertz CT molecular complexity index is 646. The Hall–Kier alpha value is -1.58. The summed E-state index contributed by atoms with van der Waals surface area (Å²) in [5.74, 6) is -0.215. The van der Waals surface area contributed by atoms with E-state index in [0.717, 1.165) is 24.2 Å². The Labute approximate surface area is 128 Å². The van der Waals surface area contributed by atoms with Crippen molar-refractivity contribution in [2.45, 2.75) is 18.9 Å². The molecule has 0 fully saturated rings. The summed E-state index contributed by atoms with van der Waals surface area (Å²) in [6.07, 6.45) is 0.897. The second-order valence-corrected chi connectivity index (χ2v) is 5.74. The van der Waals surface area contributed by atoms with Crippen LogP contribution < -0.4 is 4.90 Å². The van der Waals surface area contributed by atoms with E-state index in [0.29, 0.717) is 18.0 Å². The summed E-state index contributed by atoms with van der Waals surface area (Å²) in [5, 5.41) is 10.9. The molecular weight excluding hydrogens is 289 g/mol. The van der Waals surface area contributed by atoms with Gasteiger partial charge in [-0.05, 0) is 42.2 Å². The fourth-order valence-corrected chi connectivity index (χ4v) is 3.09. The van der Waals surface area contributed by atoms with E-state index in [1.165, 1.54) is 11.6 Å². The molecule has 1 heterocycles. The Balaban J connectivity index is 1.67. The number of benzene rings is 2. The van der Waals surface area contributed by atoms with Crippen molar-refractivity contribution in [3.05, 3.63) is 64.4 Å². The molecule has 2 aromatic rings. The molecular formula is C17H17ClFNO. The molecule has 0 amide bonds. The number of hydrogen-bond acceptors (Lipinski definition) is 2. The molecule has 0 aliphatic carbocycles. The Morgan fingerprint density at radius 3 is 2.86 bits per heavy atom. The topological polar surface area (TPSA) is 23.5 Å². The third-order valence-electron chi connectivity index (χ3n) is 3.98. The fourth-order valence-electron chi connectivity index (χ4n) is 2.83. The summed E-state index contributed by atoms with van der Waals surface area (Å²) in [4.78, 5) is 2.12. The Morgan fingerprint density at radius 1 is 1.24 bits per heavy atom. The van der Waals surface area contributed by atoms with Crippen LogP contribution in [0.2, 0.25) is 5.02 Å². The predicted octanol–water partition coefficient (Wildman–Crippen LogP) is 3.97. The number of fused-ring (bicyclic) bond motifs is 1. The van der Waals surface area contributed by atoms with Gasteiger partial charge in [0.15, 0.2) is 0 Å². The van der Waals surface area contributed by atoms with Crippen molar-refractivity contribution in [1.29, 1.82) is 0 Å². The highest BCUT2D eigenvalue weighted by molar-refractivity contribution is 6.31. The summed E-state index contributed by atoms with van der Waals surface area (Å²) >= 11 is 6.09. The molecule has 1 atom stereocenters. The van der Waals surface area contributed by atoms with Gasteiger partial charge in [-0.15, -0.1) is 0 Å². The lowest BCUT2D eigenvalue weighted by molar-refractivity contribution is 0.169. The van der Waals surface area contributed by atoms with Gasteiger partial charge in [0.1, 0.15) is 5.82 Å². The van der Waals surface area contributed by atoms with Crippen LogP contribution >= 0.6 is 11.6 Å². The van der Waals surface area contributed by atoms with Gasteiger partial charge < -0.3 is 10.0 Å². The van der Waals surface area contributed by atoms with Gasteiger partial charge in [-0.25, -0.2) is 4.39 Å². The first-order chi connectivity index (χ1) is 10.1. The molecule has 0 saturated heterocycles. The minimum atomic E-state index is -0.601. The minimum absolute atomic E-state index is 0.215. The van der Waals surface area contributed by atoms with Gasteiger partial charge in [-0.2, -0.15) is 0 Å². The molecule has 1 aliphatic rings. The fraction of sp³-hybridized carbons (Fsp3) is 0.294. The van der Waals surface area contributed by atoms with E-state index >= 15 is 0 Å². The van der Waals surface area contributed by atoms with E-state index in [9.17, 15) is 9.50 Å². The van der Waals surface area contributed by atoms with E-state index in [-0.39, 0.29) is 5.82 Å². The predicted molar refractivity (Wildman–Crippen MR) is 83.3 cm³/mol. The first kappa shape index (κ1) is 14.4. The quantitative estimate of drug-likeness (QED) is 0.924. The molecule has 110 valence electrons. The second kappa shape index (κ2) is 6.04. The van der Waals surface area contributed by atoms with Crippen molar-refractivity contribution in [3.8, 4) is 0 Å². The zero-order valence-electron chi connectivity index (χ0n) is 11.6. The number of aliphatic hydroxyl groups is 1. The van der Waals surface area contributed by atoms with Gasteiger partial charge >= 0.3 is 0 Å². The molecule has 0 aromatic heterocycles. The molecule has 0 saturated carbocycles. The molecule has 2 aromatic carbocycles. The first-order valence-corrected chi connectivity index (χ1v) is 7.49. The van der Waals surface area contributed by atoms with Crippen molar-refractivity contribution in [1.82, 2.24) is 0 Å². The molecule has 0 radical (unpaired) electrons. The summed E-state index contributed by atoms with van der Waals surface area (Å²) in [7, 11) is 0. The van der Waals surface area contributed by atoms with Gasteiger partial charge in [-0.1, -0.05) is 35.9 Å². The molecule has 21 heavy (non-hydrogen) atoms. The summed E-state index contributed by atoms with van der Waals surface area (Å²) in [5.41, 5.74) is 2.86. The maximum atomic E-state index is 13.4. The van der Waals surface area contributed by atoms with E-state index in [1.54, 1.807) is 12.1 Å². The standard InChI is InChI=1S/C17H17ClFNO/c18-15-4-2-1-3-14(15)17(21)8-10-20-9-7-12-5-6-13(19)11-16(12)20/h1-6,11,17,21H,7-10H2. The average Bonchev–Trinajstić information content (AvgIpc) is 2.87. The van der Waals surface area contributed by atoms with Crippen LogP contribution in [0.5, 0.6) is 0 Å². The number of anilines is 1. The Morgan fingerprint density at radius 2 is 2.05 bits per heavy atom. The van der Waals surface area contributed by atoms with Crippen LogP contribution in [0.1, 0.15) is 23.7 Å². The average molecular weight is 306 g/mol. The number of nitrogens with zero attached hydrogens (tertiary/aromatic N) is 1. The molecule has 1 N–H and O–H groups in total. The maximum Gasteiger partial charge on any atom is 0.125 e. The van der Waals surface area contributed by atoms with Crippen molar-refractivity contribution < 1.29 is 9.50 Å². The largest absolute Gasteiger partial charge is 0.388 e. The summed E-state index contributed by atoms with van der Waals surface area (Å²) < 4.78 is 13.4. The third kappa shape index (κ3) is 3.04. The second-order valence-electron chi connectivity index (χ2n) is 5.34. The molecule has 0 spiro atoms. The molecule has 1 aliphatic heterocycles. The minimum Gasteiger partial charge on any atom is -0.388 e. The van der Waals surface area contributed by atoms with Crippen molar-refractivity contribution >= 4 is 17.3 Å². The number of hydrogen-bond donors (Lipinski definition) is 1. The van der Waals surface area contributed by atoms with Gasteiger partial charge in [0.25, 0.3) is 0 Å². The monoisotopic (exact) mass is 305 g/mol. The van der Waals surface area contributed by atoms with Crippen LogP contribution in [0.3, 0.4) is 0 Å². The van der Waals surface area contributed by atoms with Crippen LogP contribution in [0.4, 0.5) is 10.1 Å². The highest BCUT2D eigenvalue weighted by Gasteiger charge is 2.21. The van der Waals surface area contributed by atoms with Crippen LogP contribution in [0.15, 0.2) is 42.5 Å². The van der Waals surface area contributed by atoms with E-state index < -0.39 is 6.10 Å². The lowest BCUT2D eigenvalue weighted by Crippen LogP contribution is -2.23. The van der Waals surface area contributed by atoms with E-state index in [2.05, 4.69) is 4.90 Å². The summed E-state index contributed by atoms with van der Waals surface area (Å²) in [6, 6.07) is 12.2. The van der Waals surface area contributed by atoms with E-state index in [4.69, 9.17) is 11.6 Å². The normalized spacial score (nSPS) is 15.1. The van der Waals surface area contributed by atoms with Gasteiger partial charge in [0, 0.05) is 23.8 Å². The zero-order chi connectivity index (χ0) is 14.8. The maximum absolute atomic E-state index is 13.4. The first-order valence-electron chi connectivity index (χ1n) is 7.11. The highest BCUT2D eigenvalue weighted by Crippen LogP contribution is 2.31. The van der Waals surface area contributed by atoms with Gasteiger partial charge in [-0.3, -0.25) is 0 Å².